The monoisotopic (exact) mass is 542 g/mol. The van der Waals surface area contributed by atoms with Gasteiger partial charge in [-0.05, 0) is 34.9 Å². The second-order valence-electron chi connectivity index (χ2n) is 12.3. The highest BCUT2D eigenvalue weighted by Crippen LogP contribution is 2.60. The lowest BCUT2D eigenvalue weighted by molar-refractivity contribution is -0.394. The second-order valence-corrected chi connectivity index (χ2v) is 12.3. The first-order valence-corrected chi connectivity index (χ1v) is 15.0. The molecule has 2 atom stereocenters. The van der Waals surface area contributed by atoms with E-state index in [1.165, 1.54) is 62.1 Å². The third kappa shape index (κ3) is 3.03. The van der Waals surface area contributed by atoms with Crippen molar-refractivity contribution in [2.75, 3.05) is 4.90 Å². The molecule has 0 N–H and O–H groups in total. The van der Waals surface area contributed by atoms with E-state index in [9.17, 15) is 0 Å². The topological polar surface area (TPSA) is 9.49 Å². The molecule has 3 aliphatic carbocycles. The minimum Gasteiger partial charge on any atom is -0.339 e. The summed E-state index contributed by atoms with van der Waals surface area (Å²) in [5.41, 5.74) is 14.6. The minimum atomic E-state index is -0.169. The predicted molar refractivity (Wildman–Crippen MR) is 171 cm³/mol. The molecule has 3 heterocycles. The molecule has 2 unspecified atom stereocenters. The van der Waals surface area contributed by atoms with Gasteiger partial charge in [-0.1, -0.05) is 111 Å². The van der Waals surface area contributed by atoms with Crippen molar-refractivity contribution in [1.82, 2.24) is 4.90 Å². The largest absolute Gasteiger partial charge is 0.339 e. The smallest absolute Gasteiger partial charge is 0.217 e. The van der Waals surface area contributed by atoms with Crippen LogP contribution < -0.4 is 4.90 Å². The van der Waals surface area contributed by atoms with Crippen molar-refractivity contribution >= 4 is 22.8 Å². The molecular formula is C39H32N3+. The maximum atomic E-state index is 2.70. The van der Waals surface area contributed by atoms with Gasteiger partial charge < -0.3 is 9.80 Å². The van der Waals surface area contributed by atoms with Gasteiger partial charge in [-0.2, -0.15) is 4.58 Å². The van der Waals surface area contributed by atoms with Crippen LogP contribution in [0.1, 0.15) is 25.8 Å². The molecule has 202 valence electrons. The van der Waals surface area contributed by atoms with Crippen LogP contribution in [0.2, 0.25) is 0 Å². The van der Waals surface area contributed by atoms with Crippen molar-refractivity contribution in [2.24, 2.45) is 0 Å². The summed E-state index contributed by atoms with van der Waals surface area (Å²) in [4.78, 5) is 5.24. The maximum absolute atomic E-state index is 2.70. The highest BCUT2D eigenvalue weighted by molar-refractivity contribution is 6.01. The number of nitrogens with zero attached hydrogens (tertiary/aromatic N) is 3. The van der Waals surface area contributed by atoms with Crippen molar-refractivity contribution in [1.29, 1.82) is 0 Å². The third-order valence-corrected chi connectivity index (χ3v) is 9.77. The first-order chi connectivity index (χ1) is 20.6. The van der Waals surface area contributed by atoms with Gasteiger partial charge >= 0.3 is 0 Å². The summed E-state index contributed by atoms with van der Waals surface area (Å²) in [6.45, 7) is 4.86. The predicted octanol–water partition coefficient (Wildman–Crippen LogP) is 8.39. The maximum Gasteiger partial charge on any atom is 0.217 e. The Hall–Kier alpha value is -4.89. The molecule has 0 bridgehead atoms. The third-order valence-electron chi connectivity index (χ3n) is 9.77. The van der Waals surface area contributed by atoms with Crippen LogP contribution in [0.4, 0.5) is 17.1 Å². The zero-order valence-electron chi connectivity index (χ0n) is 23.9. The Morgan fingerprint density at radius 3 is 2.24 bits per heavy atom. The van der Waals surface area contributed by atoms with Crippen LogP contribution in [0.5, 0.6) is 0 Å². The van der Waals surface area contributed by atoms with Crippen molar-refractivity contribution in [3.05, 3.63) is 173 Å². The molecule has 0 fully saturated rings. The molecule has 0 aromatic heterocycles. The van der Waals surface area contributed by atoms with E-state index in [2.05, 4.69) is 162 Å². The lowest BCUT2D eigenvalue weighted by Crippen LogP contribution is -2.50. The van der Waals surface area contributed by atoms with Gasteiger partial charge in [0.05, 0.1) is 12.5 Å². The van der Waals surface area contributed by atoms with E-state index in [1.54, 1.807) is 0 Å². The summed E-state index contributed by atoms with van der Waals surface area (Å²) in [6.07, 6.45) is 19.2. The standard InChI is InChI=1S/C39H32N3/c1-39(2)29-20-10-12-22-31(29)40(26-15-5-3-6-16-26)34-25-35-38-36(37(34)39)28-19-9-11-21-30(28)42(38)33-24-14-13-23-32(33)41(35)27-17-7-4-8-18-27/h3-24,30,33H,25H2,1-2H3/q+1. The number of hydrogen-bond donors (Lipinski definition) is 0. The molecule has 42 heavy (non-hydrogen) atoms. The molecule has 3 aromatic rings. The fourth-order valence-corrected chi connectivity index (χ4v) is 8.15. The Labute approximate surface area is 247 Å². The first-order valence-electron chi connectivity index (χ1n) is 15.0. The van der Waals surface area contributed by atoms with Crippen LogP contribution in [-0.2, 0) is 5.41 Å². The molecular weight excluding hydrogens is 510 g/mol. The number of para-hydroxylation sites is 3. The van der Waals surface area contributed by atoms with Crippen LogP contribution in [0.25, 0.3) is 0 Å². The first kappa shape index (κ1) is 23.8. The Morgan fingerprint density at radius 2 is 1.43 bits per heavy atom. The van der Waals surface area contributed by atoms with Crippen LogP contribution in [-0.4, -0.2) is 27.3 Å². The van der Waals surface area contributed by atoms with Crippen LogP contribution >= 0.6 is 0 Å². The second kappa shape index (κ2) is 8.56. The number of fused-ring (bicyclic) bond motifs is 6. The number of hydrogen-bond acceptors (Lipinski definition) is 2. The van der Waals surface area contributed by atoms with Crippen LogP contribution in [0, 0.1) is 0 Å². The molecule has 3 aromatic carbocycles. The average molecular weight is 543 g/mol. The van der Waals surface area contributed by atoms with E-state index in [4.69, 9.17) is 0 Å². The Bertz CT molecular complexity index is 1930. The molecule has 9 rings (SSSR count). The van der Waals surface area contributed by atoms with E-state index in [0.29, 0.717) is 0 Å². The molecule has 3 aliphatic heterocycles. The van der Waals surface area contributed by atoms with Crippen molar-refractivity contribution in [2.45, 2.75) is 37.8 Å². The molecule has 6 aliphatic rings. The number of rotatable bonds is 2. The highest BCUT2D eigenvalue weighted by atomic mass is 15.3. The van der Waals surface area contributed by atoms with E-state index < -0.39 is 0 Å². The van der Waals surface area contributed by atoms with E-state index >= 15 is 0 Å². The Balaban J connectivity index is 1.39. The fourth-order valence-electron chi connectivity index (χ4n) is 8.15. The summed E-state index contributed by atoms with van der Waals surface area (Å²) in [7, 11) is 0. The van der Waals surface area contributed by atoms with E-state index in [-0.39, 0.29) is 17.5 Å². The zero-order valence-corrected chi connectivity index (χ0v) is 23.9. The van der Waals surface area contributed by atoms with Gasteiger partial charge in [-0.15, -0.1) is 0 Å². The molecule has 0 saturated heterocycles. The lowest BCUT2D eigenvalue weighted by atomic mass is 9.67. The summed E-state index contributed by atoms with van der Waals surface area (Å²) >= 11 is 0. The van der Waals surface area contributed by atoms with Gasteiger partial charge in [0.25, 0.3) is 0 Å². The number of anilines is 2. The van der Waals surface area contributed by atoms with Gasteiger partial charge in [0.2, 0.25) is 17.1 Å². The Morgan fingerprint density at radius 1 is 0.738 bits per heavy atom. The van der Waals surface area contributed by atoms with Crippen molar-refractivity contribution in [3.63, 3.8) is 0 Å². The van der Waals surface area contributed by atoms with Gasteiger partial charge in [-0.25, -0.2) is 0 Å². The molecule has 0 saturated carbocycles. The van der Waals surface area contributed by atoms with Crippen LogP contribution in [0.15, 0.2) is 167 Å². The fraction of sp³-hybridized carbons (Fsp3) is 0.154. The highest BCUT2D eigenvalue weighted by Gasteiger charge is 2.56. The number of benzene rings is 3. The summed E-state index contributed by atoms with van der Waals surface area (Å²) in [5.74, 6) is 0. The summed E-state index contributed by atoms with van der Waals surface area (Å²) < 4.78 is 2.56. The average Bonchev–Trinajstić information content (AvgIpc) is 3.38. The molecule has 0 amide bonds. The Kier molecular flexibility index (Phi) is 4.85. The van der Waals surface area contributed by atoms with Gasteiger partial charge in [0, 0.05) is 46.3 Å². The van der Waals surface area contributed by atoms with Crippen LogP contribution in [0.3, 0.4) is 0 Å². The zero-order chi connectivity index (χ0) is 28.0. The number of allylic oxidation sites excluding steroid dienone is 5. The van der Waals surface area contributed by atoms with E-state index in [1.807, 2.05) is 0 Å². The SMILES string of the molecule is CC1(C)C2=C(CC3=C4C2=C2C=CC=CC2N4C2C=CC=CC2=[N+]3c2ccccc2)N(c2ccccc2)c2ccccc21. The van der Waals surface area contributed by atoms with Crippen molar-refractivity contribution < 1.29 is 4.58 Å². The van der Waals surface area contributed by atoms with Crippen molar-refractivity contribution in [3.8, 4) is 0 Å². The normalized spacial score (nSPS) is 24.1. The molecule has 3 nitrogen and oxygen atoms in total. The van der Waals surface area contributed by atoms with Gasteiger partial charge in [0.1, 0.15) is 11.7 Å². The summed E-state index contributed by atoms with van der Waals surface area (Å²) in [6, 6.07) is 31.3. The molecule has 0 radical (unpaired) electrons. The quantitative estimate of drug-likeness (QED) is 0.301. The molecule has 0 spiro atoms. The van der Waals surface area contributed by atoms with E-state index in [0.717, 1.165) is 6.42 Å². The van der Waals surface area contributed by atoms with Gasteiger partial charge in [0.15, 0.2) is 0 Å². The minimum absolute atomic E-state index is 0.161. The lowest BCUT2D eigenvalue weighted by Gasteiger charge is -2.47. The molecule has 3 heteroatoms. The van der Waals surface area contributed by atoms with Gasteiger partial charge in [-0.3, -0.25) is 0 Å². The summed E-state index contributed by atoms with van der Waals surface area (Å²) in [5, 5.41) is 0.